The lowest BCUT2D eigenvalue weighted by molar-refractivity contribution is -0.119. The molecule has 1 atom stereocenters. The number of carbonyl (C=O) groups is 1. The number of amides is 1. The number of hydrogen-bond acceptors (Lipinski definition) is 3. The van der Waals surface area contributed by atoms with Crippen molar-refractivity contribution in [1.82, 2.24) is 4.90 Å². The summed E-state index contributed by atoms with van der Waals surface area (Å²) >= 11 is 0. The van der Waals surface area contributed by atoms with Crippen molar-refractivity contribution < 1.29 is 4.79 Å². The lowest BCUT2D eigenvalue weighted by Gasteiger charge is -2.26. The molecule has 4 N–H and O–H groups in total. The zero-order valence-electron chi connectivity index (χ0n) is 9.81. The monoisotopic (exact) mass is 221 g/mol. The summed E-state index contributed by atoms with van der Waals surface area (Å²) in [5, 5.41) is 0. The van der Waals surface area contributed by atoms with Gasteiger partial charge in [-0.25, -0.2) is 0 Å². The van der Waals surface area contributed by atoms with E-state index < -0.39 is 0 Å². The quantitative estimate of drug-likeness (QED) is 0.756. The van der Waals surface area contributed by atoms with Crippen LogP contribution in [0.4, 0.5) is 0 Å². The fourth-order valence-electron chi connectivity index (χ4n) is 1.72. The van der Waals surface area contributed by atoms with Gasteiger partial charge in [-0.05, 0) is 19.5 Å². The molecule has 0 spiro atoms. The van der Waals surface area contributed by atoms with Crippen LogP contribution in [0.1, 0.15) is 17.2 Å². The van der Waals surface area contributed by atoms with Gasteiger partial charge in [-0.3, -0.25) is 9.69 Å². The summed E-state index contributed by atoms with van der Waals surface area (Å²) < 4.78 is 0. The van der Waals surface area contributed by atoms with Gasteiger partial charge in [0.2, 0.25) is 5.91 Å². The highest BCUT2D eigenvalue weighted by atomic mass is 16.1. The molecule has 1 aromatic rings. The number of nitrogens with two attached hydrogens (primary N) is 2. The predicted molar refractivity (Wildman–Crippen MR) is 64.8 cm³/mol. The first-order valence-electron chi connectivity index (χ1n) is 5.29. The third-order valence-electron chi connectivity index (χ3n) is 2.62. The van der Waals surface area contributed by atoms with Gasteiger partial charge in [0.25, 0.3) is 0 Å². The highest BCUT2D eigenvalue weighted by Gasteiger charge is 2.16. The molecule has 4 heteroatoms. The van der Waals surface area contributed by atoms with Crippen LogP contribution < -0.4 is 11.5 Å². The topological polar surface area (TPSA) is 72.3 Å². The van der Waals surface area contributed by atoms with Crippen molar-refractivity contribution in [2.24, 2.45) is 11.5 Å². The maximum atomic E-state index is 10.9. The molecule has 1 unspecified atom stereocenters. The van der Waals surface area contributed by atoms with Crippen LogP contribution in [-0.4, -0.2) is 30.9 Å². The molecule has 88 valence electrons. The van der Waals surface area contributed by atoms with Gasteiger partial charge in [0.1, 0.15) is 0 Å². The Kier molecular flexibility index (Phi) is 4.46. The second kappa shape index (κ2) is 5.63. The minimum atomic E-state index is -0.340. The van der Waals surface area contributed by atoms with E-state index in [0.29, 0.717) is 6.54 Å². The standard InChI is InChI=1S/C12H19N3O/c1-9-3-5-10(6-4-9)11(7-13)15(2)8-12(14)16/h3-6,11H,7-8,13H2,1-2H3,(H2,14,16). The van der Waals surface area contributed by atoms with E-state index in [2.05, 4.69) is 0 Å². The Balaban J connectivity index is 2.81. The average Bonchev–Trinajstić information content (AvgIpc) is 2.21. The number of likely N-dealkylation sites (N-methyl/N-ethyl adjacent to an activating group) is 1. The van der Waals surface area contributed by atoms with Crippen molar-refractivity contribution in [3.05, 3.63) is 35.4 Å². The molecule has 4 nitrogen and oxygen atoms in total. The second-order valence-corrected chi connectivity index (χ2v) is 4.04. The summed E-state index contributed by atoms with van der Waals surface area (Å²) in [5.41, 5.74) is 13.2. The molecule has 0 heterocycles. The Labute approximate surface area is 96.2 Å². The third-order valence-corrected chi connectivity index (χ3v) is 2.62. The largest absolute Gasteiger partial charge is 0.369 e. The van der Waals surface area contributed by atoms with E-state index in [-0.39, 0.29) is 18.5 Å². The molecule has 0 aliphatic heterocycles. The molecule has 0 aromatic heterocycles. The summed E-state index contributed by atoms with van der Waals surface area (Å²) in [4.78, 5) is 12.7. The van der Waals surface area contributed by atoms with Crippen molar-refractivity contribution >= 4 is 5.91 Å². The van der Waals surface area contributed by atoms with Crippen molar-refractivity contribution in [3.63, 3.8) is 0 Å². The van der Waals surface area contributed by atoms with Gasteiger partial charge in [0, 0.05) is 12.6 Å². The molecule has 0 radical (unpaired) electrons. The van der Waals surface area contributed by atoms with E-state index in [1.54, 1.807) is 0 Å². The van der Waals surface area contributed by atoms with E-state index in [1.165, 1.54) is 5.56 Å². The molecule has 0 aliphatic carbocycles. The van der Waals surface area contributed by atoms with E-state index in [9.17, 15) is 4.79 Å². The van der Waals surface area contributed by atoms with Crippen molar-refractivity contribution in [3.8, 4) is 0 Å². The number of nitrogens with zero attached hydrogens (tertiary/aromatic N) is 1. The van der Waals surface area contributed by atoms with Crippen LogP contribution in [0, 0.1) is 6.92 Å². The summed E-state index contributed by atoms with van der Waals surface area (Å²) in [7, 11) is 1.85. The summed E-state index contributed by atoms with van der Waals surface area (Å²) in [6.07, 6.45) is 0. The molecule has 0 saturated heterocycles. The van der Waals surface area contributed by atoms with Gasteiger partial charge in [-0.1, -0.05) is 29.8 Å². The van der Waals surface area contributed by atoms with Crippen molar-refractivity contribution in [1.29, 1.82) is 0 Å². The van der Waals surface area contributed by atoms with E-state index in [4.69, 9.17) is 11.5 Å². The highest BCUT2D eigenvalue weighted by Crippen LogP contribution is 2.18. The number of aryl methyl sites for hydroxylation is 1. The average molecular weight is 221 g/mol. The van der Waals surface area contributed by atoms with E-state index in [0.717, 1.165) is 5.56 Å². The van der Waals surface area contributed by atoms with Gasteiger partial charge in [0.05, 0.1) is 6.54 Å². The summed E-state index contributed by atoms with van der Waals surface area (Å²) in [6, 6.07) is 8.18. The van der Waals surface area contributed by atoms with E-state index >= 15 is 0 Å². The Morgan fingerprint density at radius 3 is 2.38 bits per heavy atom. The lowest BCUT2D eigenvalue weighted by Crippen LogP contribution is -2.37. The van der Waals surface area contributed by atoms with Crippen molar-refractivity contribution in [2.75, 3.05) is 20.1 Å². The van der Waals surface area contributed by atoms with Gasteiger partial charge >= 0.3 is 0 Å². The lowest BCUT2D eigenvalue weighted by atomic mass is 10.0. The zero-order valence-corrected chi connectivity index (χ0v) is 9.81. The van der Waals surface area contributed by atoms with Crippen LogP contribution in [-0.2, 0) is 4.79 Å². The van der Waals surface area contributed by atoms with Crippen molar-refractivity contribution in [2.45, 2.75) is 13.0 Å². The minimum Gasteiger partial charge on any atom is -0.369 e. The molecule has 1 amide bonds. The molecule has 1 aromatic carbocycles. The van der Waals surface area contributed by atoms with Gasteiger partial charge in [-0.2, -0.15) is 0 Å². The molecule has 0 fully saturated rings. The highest BCUT2D eigenvalue weighted by molar-refractivity contribution is 5.75. The van der Waals surface area contributed by atoms with Crippen LogP contribution >= 0.6 is 0 Å². The van der Waals surface area contributed by atoms with Gasteiger partial charge in [-0.15, -0.1) is 0 Å². The number of benzene rings is 1. The first-order chi connectivity index (χ1) is 7.54. The minimum absolute atomic E-state index is 0.0353. The molecule has 1 rings (SSSR count). The Morgan fingerprint density at radius 2 is 1.94 bits per heavy atom. The fourth-order valence-corrected chi connectivity index (χ4v) is 1.72. The molecule has 0 saturated carbocycles. The number of rotatable bonds is 5. The molecular weight excluding hydrogens is 202 g/mol. The Hall–Kier alpha value is -1.39. The maximum Gasteiger partial charge on any atom is 0.231 e. The zero-order chi connectivity index (χ0) is 12.1. The first kappa shape index (κ1) is 12.7. The first-order valence-corrected chi connectivity index (χ1v) is 5.29. The smallest absolute Gasteiger partial charge is 0.231 e. The van der Waals surface area contributed by atoms with E-state index in [1.807, 2.05) is 43.1 Å². The van der Waals surface area contributed by atoms with Crippen LogP contribution in [0.3, 0.4) is 0 Å². The maximum absolute atomic E-state index is 10.9. The summed E-state index contributed by atoms with van der Waals surface area (Å²) in [6.45, 7) is 2.72. The molecule has 16 heavy (non-hydrogen) atoms. The van der Waals surface area contributed by atoms with Crippen LogP contribution in [0.15, 0.2) is 24.3 Å². The summed E-state index contributed by atoms with van der Waals surface area (Å²) in [5.74, 6) is -0.340. The van der Waals surface area contributed by atoms with Crippen LogP contribution in [0.5, 0.6) is 0 Å². The third kappa shape index (κ3) is 3.32. The number of primary amides is 1. The number of hydrogen-bond donors (Lipinski definition) is 2. The SMILES string of the molecule is Cc1ccc(C(CN)N(C)CC(N)=O)cc1. The number of carbonyl (C=O) groups excluding carboxylic acids is 1. The van der Waals surface area contributed by atoms with Crippen LogP contribution in [0.25, 0.3) is 0 Å². The molecular formula is C12H19N3O. The van der Waals surface area contributed by atoms with Gasteiger partial charge in [0.15, 0.2) is 0 Å². The normalized spacial score (nSPS) is 12.8. The molecule has 0 bridgehead atoms. The second-order valence-electron chi connectivity index (χ2n) is 4.04. The fraction of sp³-hybridized carbons (Fsp3) is 0.417. The van der Waals surface area contributed by atoms with Gasteiger partial charge < -0.3 is 11.5 Å². The molecule has 0 aliphatic rings. The van der Waals surface area contributed by atoms with Crippen LogP contribution in [0.2, 0.25) is 0 Å². The predicted octanol–water partition coefficient (Wildman–Crippen LogP) is 0.412. The Bertz CT molecular complexity index is 348. The Morgan fingerprint density at radius 1 is 1.38 bits per heavy atom.